The average Bonchev–Trinajstić information content (AvgIpc) is 2.46. The molecule has 0 aliphatic carbocycles. The molecule has 1 amide bonds. The fourth-order valence-electron chi connectivity index (χ4n) is 1.89. The van der Waals surface area contributed by atoms with Gasteiger partial charge in [0.05, 0.1) is 10.6 Å². The molecule has 2 bridgehead atoms. The SMILES string of the molecule is CC(=O)Nc1cccc([N+](=O)[O-])c1C(=O)O.c1cc2cc(c1)O2. The molecule has 8 heteroatoms. The van der Waals surface area contributed by atoms with Gasteiger partial charge in [-0.1, -0.05) is 12.1 Å². The van der Waals surface area contributed by atoms with Gasteiger partial charge in [0.15, 0.2) is 5.56 Å². The van der Waals surface area contributed by atoms with Gasteiger partial charge in [-0.2, -0.15) is 0 Å². The van der Waals surface area contributed by atoms with E-state index in [1.807, 2.05) is 24.3 Å². The Morgan fingerprint density at radius 1 is 1.17 bits per heavy atom. The number of aromatic carboxylic acids is 1. The third kappa shape index (κ3) is 3.82. The summed E-state index contributed by atoms with van der Waals surface area (Å²) in [7, 11) is 0. The molecular formula is C15H12N2O6. The van der Waals surface area contributed by atoms with E-state index >= 15 is 0 Å². The molecule has 2 aromatic rings. The van der Waals surface area contributed by atoms with E-state index in [-0.39, 0.29) is 5.69 Å². The molecule has 0 radical (unpaired) electrons. The van der Waals surface area contributed by atoms with E-state index in [9.17, 15) is 19.7 Å². The highest BCUT2D eigenvalue weighted by Crippen LogP contribution is 2.33. The zero-order valence-electron chi connectivity index (χ0n) is 12.0. The van der Waals surface area contributed by atoms with Crippen molar-refractivity contribution in [1.82, 2.24) is 0 Å². The molecule has 2 aromatic carbocycles. The molecular weight excluding hydrogens is 304 g/mol. The van der Waals surface area contributed by atoms with Gasteiger partial charge in [0, 0.05) is 19.1 Å². The summed E-state index contributed by atoms with van der Waals surface area (Å²) in [6, 6.07) is 11.5. The number of ether oxygens (including phenoxy) is 1. The lowest BCUT2D eigenvalue weighted by atomic mass is 10.1. The lowest BCUT2D eigenvalue weighted by molar-refractivity contribution is -0.385. The number of amides is 1. The Kier molecular flexibility index (Phi) is 4.55. The molecule has 2 N–H and O–H groups in total. The quantitative estimate of drug-likeness (QED) is 0.566. The van der Waals surface area contributed by atoms with Gasteiger partial charge in [-0.3, -0.25) is 14.9 Å². The van der Waals surface area contributed by atoms with E-state index in [0.717, 1.165) is 17.6 Å². The molecule has 118 valence electrons. The number of rotatable bonds is 3. The van der Waals surface area contributed by atoms with Crippen molar-refractivity contribution in [2.45, 2.75) is 6.92 Å². The lowest BCUT2D eigenvalue weighted by Gasteiger charge is -2.13. The number of nitro benzene ring substituents is 1. The highest BCUT2D eigenvalue weighted by atomic mass is 16.6. The Bertz CT molecular complexity index is 763. The van der Waals surface area contributed by atoms with Crippen molar-refractivity contribution in [2.24, 2.45) is 0 Å². The molecule has 0 aromatic heterocycles. The summed E-state index contributed by atoms with van der Waals surface area (Å²) in [5.41, 5.74) is -1.17. The molecule has 0 fully saturated rings. The number of carboxylic acids is 1. The van der Waals surface area contributed by atoms with Gasteiger partial charge in [-0.15, -0.1) is 0 Å². The molecule has 0 spiro atoms. The highest BCUT2D eigenvalue weighted by molar-refractivity contribution is 6.03. The molecule has 0 saturated carbocycles. The van der Waals surface area contributed by atoms with Crippen LogP contribution in [0, 0.1) is 10.1 Å². The predicted molar refractivity (Wildman–Crippen MR) is 80.9 cm³/mol. The van der Waals surface area contributed by atoms with Crippen molar-refractivity contribution in [2.75, 3.05) is 5.32 Å². The maximum absolute atomic E-state index is 10.9. The van der Waals surface area contributed by atoms with Crippen molar-refractivity contribution in [1.29, 1.82) is 0 Å². The van der Waals surface area contributed by atoms with Crippen LogP contribution < -0.4 is 10.1 Å². The Hall–Kier alpha value is -3.42. The van der Waals surface area contributed by atoms with Gasteiger partial charge in [-0.05, 0) is 18.2 Å². The van der Waals surface area contributed by atoms with Crippen LogP contribution in [0.25, 0.3) is 0 Å². The second-order valence-electron chi connectivity index (χ2n) is 4.52. The van der Waals surface area contributed by atoms with Crippen LogP contribution in [-0.2, 0) is 4.79 Å². The van der Waals surface area contributed by atoms with E-state index in [4.69, 9.17) is 9.84 Å². The van der Waals surface area contributed by atoms with E-state index in [2.05, 4.69) is 5.32 Å². The minimum absolute atomic E-state index is 0.0887. The first-order valence-electron chi connectivity index (χ1n) is 6.44. The first-order valence-corrected chi connectivity index (χ1v) is 6.44. The van der Waals surface area contributed by atoms with Crippen LogP contribution in [-0.4, -0.2) is 21.9 Å². The molecule has 0 unspecified atom stereocenters. The van der Waals surface area contributed by atoms with Gasteiger partial charge in [0.25, 0.3) is 5.69 Å². The third-order valence-corrected chi connectivity index (χ3v) is 2.80. The van der Waals surface area contributed by atoms with Gasteiger partial charge in [0.2, 0.25) is 5.91 Å². The number of benzene rings is 2. The maximum atomic E-state index is 10.9. The molecule has 2 aliphatic heterocycles. The smallest absolute Gasteiger partial charge is 0.344 e. The van der Waals surface area contributed by atoms with Crippen LogP contribution in [0.2, 0.25) is 0 Å². The number of fused-ring (bicyclic) bond motifs is 2. The molecule has 4 rings (SSSR count). The molecule has 8 nitrogen and oxygen atoms in total. The summed E-state index contributed by atoms with van der Waals surface area (Å²) < 4.78 is 5.01. The second-order valence-corrected chi connectivity index (χ2v) is 4.52. The van der Waals surface area contributed by atoms with E-state index in [1.54, 1.807) is 0 Å². The minimum atomic E-state index is -1.46. The molecule has 23 heavy (non-hydrogen) atoms. The Balaban J connectivity index is 0.000000223. The highest BCUT2D eigenvalue weighted by Gasteiger charge is 2.23. The number of nitro groups is 1. The largest absolute Gasteiger partial charge is 0.477 e. The van der Waals surface area contributed by atoms with Crippen LogP contribution >= 0.6 is 0 Å². The predicted octanol–water partition coefficient (Wildman–Crippen LogP) is 3.04. The van der Waals surface area contributed by atoms with E-state index in [0.29, 0.717) is 0 Å². The van der Waals surface area contributed by atoms with Crippen molar-refractivity contribution in [3.05, 3.63) is 58.1 Å². The monoisotopic (exact) mass is 316 g/mol. The maximum Gasteiger partial charge on any atom is 0.344 e. The zero-order chi connectivity index (χ0) is 17.0. The third-order valence-electron chi connectivity index (χ3n) is 2.80. The number of carboxylic acid groups (broad SMARTS) is 1. The normalized spacial score (nSPS) is 10.3. The fourth-order valence-corrected chi connectivity index (χ4v) is 1.89. The van der Waals surface area contributed by atoms with Crippen LogP contribution in [0.4, 0.5) is 11.4 Å². The number of hydrogen-bond acceptors (Lipinski definition) is 5. The number of carbonyl (C=O) groups excluding carboxylic acids is 1. The second kappa shape index (κ2) is 6.56. The molecule has 0 atom stereocenters. The van der Waals surface area contributed by atoms with Crippen molar-refractivity contribution in [3.8, 4) is 11.5 Å². The standard InChI is InChI=1S/C9H8N2O5.C6H4O/c1-5(12)10-6-3-2-4-7(11(15)16)8(6)9(13)14;1-2-5-4-6(3-1)7-5/h2-4H,1H3,(H,10,12)(H,13,14);1-4H. The van der Waals surface area contributed by atoms with Gasteiger partial charge < -0.3 is 15.2 Å². The lowest BCUT2D eigenvalue weighted by Crippen LogP contribution is -2.12. The first-order chi connectivity index (χ1) is 10.9. The van der Waals surface area contributed by atoms with Crippen LogP contribution in [0.5, 0.6) is 11.5 Å². The van der Waals surface area contributed by atoms with Crippen molar-refractivity contribution < 1.29 is 24.4 Å². The zero-order valence-corrected chi connectivity index (χ0v) is 12.0. The van der Waals surface area contributed by atoms with Crippen molar-refractivity contribution in [3.63, 3.8) is 0 Å². The van der Waals surface area contributed by atoms with Crippen LogP contribution in [0.15, 0.2) is 42.5 Å². The van der Waals surface area contributed by atoms with Crippen LogP contribution in [0.3, 0.4) is 0 Å². The fraction of sp³-hybridized carbons (Fsp3) is 0.0667. The molecule has 2 aliphatic rings. The number of nitrogens with zero attached hydrogens (tertiary/aromatic N) is 1. The summed E-state index contributed by atoms with van der Waals surface area (Å²) in [5.74, 6) is 0.00838. The van der Waals surface area contributed by atoms with Crippen molar-refractivity contribution >= 4 is 23.3 Å². The Morgan fingerprint density at radius 3 is 2.09 bits per heavy atom. The summed E-state index contributed by atoms with van der Waals surface area (Å²) >= 11 is 0. The first kappa shape index (κ1) is 16.0. The minimum Gasteiger partial charge on any atom is -0.477 e. The topological polar surface area (TPSA) is 119 Å². The summed E-state index contributed by atoms with van der Waals surface area (Å²) in [4.78, 5) is 31.5. The summed E-state index contributed by atoms with van der Waals surface area (Å²) in [5, 5.41) is 21.7. The van der Waals surface area contributed by atoms with Crippen LogP contribution in [0.1, 0.15) is 17.3 Å². The summed E-state index contributed by atoms with van der Waals surface area (Å²) in [6.07, 6.45) is 0. The average molecular weight is 316 g/mol. The molecule has 0 saturated heterocycles. The number of nitrogens with one attached hydrogen (secondary N) is 1. The van der Waals surface area contributed by atoms with E-state index in [1.165, 1.54) is 19.1 Å². The van der Waals surface area contributed by atoms with E-state index < -0.39 is 28.1 Å². The Morgan fingerprint density at radius 2 is 1.74 bits per heavy atom. The number of hydrogen-bond donors (Lipinski definition) is 2. The van der Waals surface area contributed by atoms with Gasteiger partial charge in [-0.25, -0.2) is 4.79 Å². The van der Waals surface area contributed by atoms with Gasteiger partial charge in [0.1, 0.15) is 11.5 Å². The number of carbonyl (C=O) groups is 2. The summed E-state index contributed by atoms with van der Waals surface area (Å²) in [6.45, 7) is 1.18. The Labute approximate surface area is 130 Å². The molecule has 2 heterocycles. The number of anilines is 1. The van der Waals surface area contributed by atoms with Gasteiger partial charge >= 0.3 is 5.97 Å².